The minimum atomic E-state index is -3.56. The van der Waals surface area contributed by atoms with E-state index in [0.29, 0.717) is 16.5 Å². The van der Waals surface area contributed by atoms with Gasteiger partial charge in [0, 0.05) is 11.6 Å². The van der Waals surface area contributed by atoms with Crippen molar-refractivity contribution in [2.45, 2.75) is 43.5 Å². The zero-order valence-electron chi connectivity index (χ0n) is 13.8. The third kappa shape index (κ3) is 3.37. The molecule has 1 aliphatic rings. The number of rotatable bonds is 3. The third-order valence-corrected chi connectivity index (χ3v) is 7.06. The zero-order chi connectivity index (χ0) is 17.2. The van der Waals surface area contributed by atoms with E-state index in [9.17, 15) is 8.42 Å². The Morgan fingerprint density at radius 2 is 1.71 bits per heavy atom. The highest BCUT2D eigenvalue weighted by molar-refractivity contribution is 7.89. The van der Waals surface area contributed by atoms with Gasteiger partial charge in [-0.25, -0.2) is 8.42 Å². The fraction of sp³-hybridized carbons (Fsp3) is 0.368. The van der Waals surface area contributed by atoms with Gasteiger partial charge in [0.2, 0.25) is 10.0 Å². The van der Waals surface area contributed by atoms with E-state index in [1.807, 2.05) is 43.3 Å². The van der Waals surface area contributed by atoms with Crippen molar-refractivity contribution in [1.82, 2.24) is 4.31 Å². The summed E-state index contributed by atoms with van der Waals surface area (Å²) in [5.74, 6) is 0. The van der Waals surface area contributed by atoms with Gasteiger partial charge < -0.3 is 0 Å². The molecule has 1 unspecified atom stereocenters. The molecule has 3 nitrogen and oxygen atoms in total. The first-order valence-electron chi connectivity index (χ1n) is 8.34. The molecule has 5 heteroatoms. The molecule has 2 aromatic rings. The zero-order valence-corrected chi connectivity index (χ0v) is 15.4. The van der Waals surface area contributed by atoms with Crippen molar-refractivity contribution in [2.75, 3.05) is 6.54 Å². The van der Waals surface area contributed by atoms with Crippen LogP contribution >= 0.6 is 11.6 Å². The number of nitrogens with zero attached hydrogens (tertiary/aromatic N) is 1. The largest absolute Gasteiger partial charge is 0.243 e. The van der Waals surface area contributed by atoms with Crippen molar-refractivity contribution < 1.29 is 8.42 Å². The van der Waals surface area contributed by atoms with Gasteiger partial charge in [0.05, 0.1) is 10.9 Å². The predicted octanol–water partition coefficient (Wildman–Crippen LogP) is 4.95. The molecule has 1 heterocycles. The fourth-order valence-electron chi connectivity index (χ4n) is 3.40. The highest BCUT2D eigenvalue weighted by atomic mass is 35.5. The van der Waals surface area contributed by atoms with Gasteiger partial charge in [-0.1, -0.05) is 60.8 Å². The highest BCUT2D eigenvalue weighted by Gasteiger charge is 2.34. The Morgan fingerprint density at radius 1 is 1.00 bits per heavy atom. The van der Waals surface area contributed by atoms with Crippen LogP contribution in [0.5, 0.6) is 0 Å². The number of halogens is 1. The summed E-state index contributed by atoms with van der Waals surface area (Å²) < 4.78 is 28.3. The summed E-state index contributed by atoms with van der Waals surface area (Å²) in [5.41, 5.74) is 1.68. The van der Waals surface area contributed by atoms with Gasteiger partial charge in [-0.3, -0.25) is 0 Å². The molecule has 0 saturated carbocycles. The second-order valence-corrected chi connectivity index (χ2v) is 8.53. The van der Waals surface area contributed by atoms with E-state index < -0.39 is 10.0 Å². The molecular weight excluding hydrogens is 342 g/mol. The van der Waals surface area contributed by atoms with Crippen molar-refractivity contribution in [1.29, 1.82) is 0 Å². The summed E-state index contributed by atoms with van der Waals surface area (Å²) >= 11 is 6.38. The predicted molar refractivity (Wildman–Crippen MR) is 97.7 cm³/mol. The second-order valence-electron chi connectivity index (χ2n) is 6.27. The lowest BCUT2D eigenvalue weighted by Gasteiger charge is -2.30. The first kappa shape index (κ1) is 17.5. The lowest BCUT2D eigenvalue weighted by Crippen LogP contribution is -2.35. The normalized spacial score (nSPS) is 19.8. The average molecular weight is 364 g/mol. The molecule has 24 heavy (non-hydrogen) atoms. The number of benzene rings is 2. The van der Waals surface area contributed by atoms with Crippen molar-refractivity contribution in [3.8, 4) is 0 Å². The minimum Gasteiger partial charge on any atom is -0.207 e. The van der Waals surface area contributed by atoms with Crippen LogP contribution in [0.4, 0.5) is 0 Å². The van der Waals surface area contributed by atoms with Crippen molar-refractivity contribution in [3.63, 3.8) is 0 Å². The molecule has 128 valence electrons. The van der Waals surface area contributed by atoms with Crippen LogP contribution < -0.4 is 0 Å². The molecule has 1 atom stereocenters. The second kappa shape index (κ2) is 7.26. The summed E-state index contributed by atoms with van der Waals surface area (Å²) in [4.78, 5) is 0.393. The van der Waals surface area contributed by atoms with Gasteiger partial charge in [-0.05, 0) is 43.0 Å². The van der Waals surface area contributed by atoms with Crippen molar-refractivity contribution >= 4 is 21.6 Å². The Hall–Kier alpha value is -1.36. The van der Waals surface area contributed by atoms with Crippen LogP contribution in [-0.2, 0) is 10.0 Å². The Bertz CT molecular complexity index is 820. The summed E-state index contributed by atoms with van der Waals surface area (Å²) in [5, 5.41) is 0.634. The molecule has 0 spiro atoms. The summed E-state index contributed by atoms with van der Waals surface area (Å²) in [7, 11) is -3.56. The van der Waals surface area contributed by atoms with E-state index in [4.69, 9.17) is 11.6 Å². The monoisotopic (exact) mass is 363 g/mol. The van der Waals surface area contributed by atoms with Crippen molar-refractivity contribution in [2.24, 2.45) is 0 Å². The molecule has 0 aliphatic carbocycles. The summed E-state index contributed by atoms with van der Waals surface area (Å²) in [6, 6.07) is 14.6. The van der Waals surface area contributed by atoms with Gasteiger partial charge in [0.25, 0.3) is 0 Å². The number of aryl methyl sites for hydroxylation is 1. The first-order valence-corrected chi connectivity index (χ1v) is 10.2. The van der Waals surface area contributed by atoms with E-state index in [1.54, 1.807) is 16.4 Å². The SMILES string of the molecule is Cc1ccccc1S(=O)(=O)N1CCCCCC1c1ccccc1Cl. The van der Waals surface area contributed by atoms with E-state index >= 15 is 0 Å². The van der Waals surface area contributed by atoms with E-state index in [0.717, 1.165) is 36.8 Å². The molecule has 3 rings (SSSR count). The molecule has 1 aliphatic heterocycles. The first-order chi connectivity index (χ1) is 11.5. The smallest absolute Gasteiger partial charge is 0.207 e. The van der Waals surface area contributed by atoms with Crippen molar-refractivity contribution in [3.05, 3.63) is 64.7 Å². The maximum absolute atomic E-state index is 13.3. The Morgan fingerprint density at radius 3 is 2.46 bits per heavy atom. The lowest BCUT2D eigenvalue weighted by molar-refractivity contribution is 0.329. The fourth-order valence-corrected chi connectivity index (χ4v) is 5.56. The molecule has 0 N–H and O–H groups in total. The van der Waals surface area contributed by atoms with Crippen LogP contribution in [0.2, 0.25) is 5.02 Å². The average Bonchev–Trinajstić information content (AvgIpc) is 2.82. The maximum atomic E-state index is 13.3. The lowest BCUT2D eigenvalue weighted by atomic mass is 10.0. The standard InChI is InChI=1S/C19H22ClNO2S/c1-15-9-4-7-13-19(15)24(22,23)21-14-8-2-3-12-18(21)16-10-5-6-11-17(16)20/h4-7,9-11,13,18H,2-3,8,12,14H2,1H3. The Balaban J connectivity index is 2.08. The third-order valence-electron chi connectivity index (χ3n) is 4.65. The summed E-state index contributed by atoms with van der Waals surface area (Å²) in [6.45, 7) is 2.38. The van der Waals surface area contributed by atoms with Gasteiger partial charge in [0.15, 0.2) is 0 Å². The number of hydrogen-bond donors (Lipinski definition) is 0. The Labute approximate surface area is 149 Å². The van der Waals surface area contributed by atoms with Crippen LogP contribution in [0.25, 0.3) is 0 Å². The highest BCUT2D eigenvalue weighted by Crippen LogP contribution is 2.37. The van der Waals surface area contributed by atoms with E-state index in [2.05, 4.69) is 0 Å². The van der Waals surface area contributed by atoms with E-state index in [-0.39, 0.29) is 6.04 Å². The quantitative estimate of drug-likeness (QED) is 0.773. The van der Waals surface area contributed by atoms with Crippen LogP contribution in [0.3, 0.4) is 0 Å². The van der Waals surface area contributed by atoms with Gasteiger partial charge in [0.1, 0.15) is 0 Å². The van der Waals surface area contributed by atoms with Gasteiger partial charge >= 0.3 is 0 Å². The summed E-state index contributed by atoms with van der Waals surface area (Å²) in [6.07, 6.45) is 3.73. The molecular formula is C19H22ClNO2S. The van der Waals surface area contributed by atoms with Crippen LogP contribution in [0.15, 0.2) is 53.4 Å². The molecule has 0 amide bonds. The molecule has 0 bridgehead atoms. The molecule has 0 aromatic heterocycles. The van der Waals surface area contributed by atoms with Crippen LogP contribution in [-0.4, -0.2) is 19.3 Å². The topological polar surface area (TPSA) is 37.4 Å². The molecule has 1 saturated heterocycles. The number of hydrogen-bond acceptors (Lipinski definition) is 2. The van der Waals surface area contributed by atoms with Crippen LogP contribution in [0.1, 0.15) is 42.9 Å². The maximum Gasteiger partial charge on any atom is 0.243 e. The Kier molecular flexibility index (Phi) is 5.28. The number of sulfonamides is 1. The minimum absolute atomic E-state index is 0.203. The molecule has 1 fully saturated rings. The van der Waals surface area contributed by atoms with Crippen LogP contribution in [0, 0.1) is 6.92 Å². The van der Waals surface area contributed by atoms with Gasteiger partial charge in [-0.2, -0.15) is 4.31 Å². The van der Waals surface area contributed by atoms with E-state index in [1.165, 1.54) is 0 Å². The van der Waals surface area contributed by atoms with Gasteiger partial charge in [-0.15, -0.1) is 0 Å². The molecule has 0 radical (unpaired) electrons. The molecule has 2 aromatic carbocycles.